The summed E-state index contributed by atoms with van der Waals surface area (Å²) in [5.41, 5.74) is 5.10. The third kappa shape index (κ3) is 6.38. The second kappa shape index (κ2) is 11.8. The summed E-state index contributed by atoms with van der Waals surface area (Å²) in [4.78, 5) is 26.5. The molecule has 1 saturated heterocycles. The zero-order valence-electron chi connectivity index (χ0n) is 20.1. The Morgan fingerprint density at radius 1 is 1.00 bits per heavy atom. The van der Waals surface area contributed by atoms with E-state index in [9.17, 15) is 18.0 Å². The molecule has 11 nitrogen and oxygen atoms in total. The van der Waals surface area contributed by atoms with Crippen molar-refractivity contribution in [2.24, 2.45) is 0 Å². The minimum atomic E-state index is -3.51. The fourth-order valence-corrected chi connectivity index (χ4v) is 5.93. The summed E-state index contributed by atoms with van der Waals surface area (Å²) in [5.74, 6) is 0.0260. The van der Waals surface area contributed by atoms with Crippen LogP contribution in [0.4, 0.5) is 0 Å². The summed E-state index contributed by atoms with van der Waals surface area (Å²) in [6.45, 7) is 1.58. The van der Waals surface area contributed by atoms with E-state index in [2.05, 4.69) is 10.9 Å². The van der Waals surface area contributed by atoms with Gasteiger partial charge in [-0.15, -0.1) is 0 Å². The van der Waals surface area contributed by atoms with Crippen molar-refractivity contribution < 1.29 is 27.5 Å². The van der Waals surface area contributed by atoms with Crippen LogP contribution in [-0.4, -0.2) is 93.8 Å². The summed E-state index contributed by atoms with van der Waals surface area (Å²) >= 11 is 0. The van der Waals surface area contributed by atoms with Crippen molar-refractivity contribution in [3.05, 3.63) is 23.8 Å². The fraction of sp³-hybridized carbons (Fsp3) is 0.636. The van der Waals surface area contributed by atoms with Crippen molar-refractivity contribution >= 4 is 22.0 Å². The van der Waals surface area contributed by atoms with Crippen molar-refractivity contribution in [1.29, 1.82) is 0 Å². The molecule has 0 spiro atoms. The molecule has 1 aromatic carbocycles. The van der Waals surface area contributed by atoms with Gasteiger partial charge in [0.05, 0.1) is 20.8 Å². The maximum Gasteiger partial charge on any atom is 0.282 e. The Morgan fingerprint density at radius 2 is 1.65 bits per heavy atom. The second-order valence-corrected chi connectivity index (χ2v) is 10.6. The van der Waals surface area contributed by atoms with Gasteiger partial charge in [-0.2, -0.15) is 17.0 Å². The number of ether oxygens (including phenoxy) is 2. The van der Waals surface area contributed by atoms with Crippen molar-refractivity contribution in [3.8, 4) is 11.5 Å². The number of carbonyl (C=O) groups excluding carboxylic acids is 2. The first kappa shape index (κ1) is 26.2. The summed E-state index contributed by atoms with van der Waals surface area (Å²) in [6.07, 6.45) is 5.11. The zero-order valence-corrected chi connectivity index (χ0v) is 20.9. The van der Waals surface area contributed by atoms with Gasteiger partial charge in [0.25, 0.3) is 22.0 Å². The van der Waals surface area contributed by atoms with Gasteiger partial charge in [0.2, 0.25) is 0 Å². The average Bonchev–Trinajstić information content (AvgIpc) is 2.87. The van der Waals surface area contributed by atoms with Crippen LogP contribution >= 0.6 is 0 Å². The minimum Gasteiger partial charge on any atom is -0.493 e. The number of hydrogen-bond donors (Lipinski definition) is 2. The van der Waals surface area contributed by atoms with E-state index in [1.54, 1.807) is 19.2 Å². The zero-order chi connectivity index (χ0) is 24.7. The van der Waals surface area contributed by atoms with Gasteiger partial charge in [0.15, 0.2) is 11.5 Å². The van der Waals surface area contributed by atoms with E-state index in [0.717, 1.165) is 25.7 Å². The Bertz CT molecular complexity index is 959. The number of hydrazine groups is 1. The standard InChI is InChI=1S/C22H35N5O6S/c1-25(18-7-5-4-6-8-18)34(30,31)27-13-11-26(12-14-27)16-21(28)23-24-22(29)17-9-10-19(32-2)20(15-17)33-3/h9-10,15,18H,4-8,11-14,16H2,1-3H3,(H,23,28)(H,24,29). The molecule has 2 amide bonds. The quantitative estimate of drug-likeness (QED) is 0.505. The number of piperazine rings is 1. The molecule has 0 aromatic heterocycles. The van der Waals surface area contributed by atoms with E-state index in [4.69, 9.17) is 9.47 Å². The number of benzene rings is 1. The van der Waals surface area contributed by atoms with E-state index in [-0.39, 0.29) is 18.5 Å². The molecule has 2 aliphatic rings. The number of amides is 2. The lowest BCUT2D eigenvalue weighted by atomic mass is 9.96. The van der Waals surface area contributed by atoms with E-state index < -0.39 is 16.1 Å². The highest BCUT2D eigenvalue weighted by Crippen LogP contribution is 2.27. The van der Waals surface area contributed by atoms with Crippen molar-refractivity contribution in [3.63, 3.8) is 0 Å². The molecule has 1 aliphatic heterocycles. The molecule has 1 aromatic rings. The number of nitrogens with zero attached hydrogens (tertiary/aromatic N) is 3. The molecule has 34 heavy (non-hydrogen) atoms. The molecule has 12 heteroatoms. The van der Waals surface area contributed by atoms with Gasteiger partial charge in [-0.1, -0.05) is 19.3 Å². The molecule has 3 rings (SSSR count). The summed E-state index contributed by atoms with van der Waals surface area (Å²) in [5, 5.41) is 0. The molecule has 0 unspecified atom stereocenters. The van der Waals surface area contributed by atoms with E-state index >= 15 is 0 Å². The second-order valence-electron chi connectivity index (χ2n) is 8.56. The topological polar surface area (TPSA) is 121 Å². The van der Waals surface area contributed by atoms with E-state index in [0.29, 0.717) is 43.2 Å². The van der Waals surface area contributed by atoms with Crippen molar-refractivity contribution in [1.82, 2.24) is 24.4 Å². The molecule has 0 bridgehead atoms. The number of methoxy groups -OCH3 is 2. The van der Waals surface area contributed by atoms with Crippen LogP contribution in [-0.2, 0) is 15.0 Å². The maximum atomic E-state index is 13.0. The first-order valence-corrected chi connectivity index (χ1v) is 12.9. The van der Waals surface area contributed by atoms with Crippen LogP contribution in [0.3, 0.4) is 0 Å². The predicted molar refractivity (Wildman–Crippen MR) is 127 cm³/mol. The molecule has 0 atom stereocenters. The van der Waals surface area contributed by atoms with Gasteiger partial charge in [0.1, 0.15) is 0 Å². The summed E-state index contributed by atoms with van der Waals surface area (Å²) < 4.78 is 39.4. The van der Waals surface area contributed by atoms with Gasteiger partial charge < -0.3 is 9.47 Å². The Hall–Kier alpha value is -2.41. The van der Waals surface area contributed by atoms with Crippen molar-refractivity contribution in [2.45, 2.75) is 38.1 Å². The molecule has 2 N–H and O–H groups in total. The van der Waals surface area contributed by atoms with Gasteiger partial charge in [-0.3, -0.25) is 25.3 Å². The molecular formula is C22H35N5O6S. The lowest BCUT2D eigenvalue weighted by molar-refractivity contribution is -0.123. The average molecular weight is 498 g/mol. The van der Waals surface area contributed by atoms with Crippen LogP contribution in [0.5, 0.6) is 11.5 Å². The Labute approximate surface area is 201 Å². The Kier molecular flexibility index (Phi) is 9.11. The highest BCUT2D eigenvalue weighted by Gasteiger charge is 2.34. The minimum absolute atomic E-state index is 0.0541. The molecule has 2 fully saturated rings. The molecule has 1 saturated carbocycles. The molecule has 1 aliphatic carbocycles. The normalized spacial score (nSPS) is 18.5. The highest BCUT2D eigenvalue weighted by atomic mass is 32.2. The smallest absolute Gasteiger partial charge is 0.282 e. The van der Waals surface area contributed by atoms with E-state index in [1.807, 2.05) is 4.90 Å². The van der Waals surface area contributed by atoms with E-state index in [1.165, 1.54) is 35.3 Å². The van der Waals surface area contributed by atoms with Crippen molar-refractivity contribution in [2.75, 3.05) is 54.0 Å². The molecule has 190 valence electrons. The monoisotopic (exact) mass is 497 g/mol. The van der Waals surface area contributed by atoms with Gasteiger partial charge in [-0.05, 0) is 31.0 Å². The number of rotatable bonds is 8. The van der Waals surface area contributed by atoms with Crippen LogP contribution in [0.2, 0.25) is 0 Å². The van der Waals surface area contributed by atoms with Gasteiger partial charge in [0, 0.05) is 44.8 Å². The lowest BCUT2D eigenvalue weighted by Crippen LogP contribution is -2.56. The van der Waals surface area contributed by atoms with Crippen LogP contribution in [0, 0.1) is 0 Å². The van der Waals surface area contributed by atoms with Crippen LogP contribution in [0.25, 0.3) is 0 Å². The summed E-state index contributed by atoms with van der Waals surface area (Å²) in [6, 6.07) is 4.75. The molecule has 0 radical (unpaired) electrons. The van der Waals surface area contributed by atoms with Crippen LogP contribution in [0.15, 0.2) is 18.2 Å². The third-order valence-electron chi connectivity index (χ3n) is 6.44. The molecule has 1 heterocycles. The first-order chi connectivity index (χ1) is 16.3. The van der Waals surface area contributed by atoms with Gasteiger partial charge >= 0.3 is 0 Å². The summed E-state index contributed by atoms with van der Waals surface area (Å²) in [7, 11) is 1.13. The fourth-order valence-electron chi connectivity index (χ4n) is 4.35. The predicted octanol–water partition coefficient (Wildman–Crippen LogP) is 0.592. The Morgan fingerprint density at radius 3 is 2.26 bits per heavy atom. The Balaban J connectivity index is 1.44. The first-order valence-electron chi connectivity index (χ1n) is 11.5. The number of hydrogen-bond acceptors (Lipinski definition) is 7. The largest absolute Gasteiger partial charge is 0.493 e. The SMILES string of the molecule is COc1ccc(C(=O)NNC(=O)CN2CCN(S(=O)(=O)N(C)C3CCCCC3)CC2)cc1OC. The van der Waals surface area contributed by atoms with Crippen LogP contribution in [0.1, 0.15) is 42.5 Å². The highest BCUT2D eigenvalue weighted by molar-refractivity contribution is 7.86. The van der Waals surface area contributed by atoms with Crippen LogP contribution < -0.4 is 20.3 Å². The number of nitrogens with one attached hydrogen (secondary N) is 2. The lowest BCUT2D eigenvalue weighted by Gasteiger charge is -2.38. The van der Waals surface area contributed by atoms with Gasteiger partial charge in [-0.25, -0.2) is 0 Å². The third-order valence-corrected chi connectivity index (χ3v) is 8.48. The number of carbonyl (C=O) groups is 2. The maximum absolute atomic E-state index is 13.0. The molecular weight excluding hydrogens is 462 g/mol.